The average molecular weight is 242 g/mol. The topological polar surface area (TPSA) is 71.2 Å². The van der Waals surface area contributed by atoms with Gasteiger partial charge in [-0.2, -0.15) is 4.37 Å². The molecule has 1 aromatic rings. The van der Waals surface area contributed by atoms with Crippen LogP contribution < -0.4 is 11.1 Å². The summed E-state index contributed by atoms with van der Waals surface area (Å²) in [6.07, 6.45) is 0. The van der Waals surface area contributed by atoms with E-state index in [0.717, 1.165) is 23.7 Å². The normalized spacial score (nSPS) is 10.2. The van der Waals surface area contributed by atoms with Gasteiger partial charge in [0.05, 0.1) is 6.54 Å². The lowest BCUT2D eigenvalue weighted by Crippen LogP contribution is -2.35. The maximum Gasteiger partial charge on any atom is 0.241 e. The number of rotatable bonds is 5. The number of nitrogens with zero attached hydrogens (tertiary/aromatic N) is 2. The molecule has 0 fully saturated rings. The fourth-order valence-corrected chi connectivity index (χ4v) is 2.06. The molecule has 0 radical (unpaired) electrons. The Morgan fingerprint density at radius 1 is 1.50 bits per heavy atom. The van der Waals surface area contributed by atoms with Crippen molar-refractivity contribution in [3.63, 3.8) is 0 Å². The second-order valence-corrected chi connectivity index (χ2v) is 4.21. The van der Waals surface area contributed by atoms with E-state index in [1.807, 2.05) is 20.8 Å². The zero-order valence-corrected chi connectivity index (χ0v) is 10.7. The molecule has 0 saturated heterocycles. The van der Waals surface area contributed by atoms with E-state index in [0.29, 0.717) is 12.4 Å². The number of nitrogens with two attached hydrogens (primary N) is 1. The van der Waals surface area contributed by atoms with E-state index in [1.165, 1.54) is 11.5 Å². The van der Waals surface area contributed by atoms with E-state index in [1.54, 1.807) is 4.90 Å². The summed E-state index contributed by atoms with van der Waals surface area (Å²) in [6.45, 7) is 7.60. The van der Waals surface area contributed by atoms with Gasteiger partial charge in [-0.1, -0.05) is 0 Å². The molecular weight excluding hydrogens is 224 g/mol. The van der Waals surface area contributed by atoms with E-state index in [9.17, 15) is 4.79 Å². The quantitative estimate of drug-likeness (QED) is 0.816. The Hall–Kier alpha value is -1.30. The Bertz CT molecular complexity index is 360. The SMILES string of the molecule is CCN(CC)C(=O)CNc1snc(N)c1C. The minimum Gasteiger partial charge on any atom is -0.383 e. The van der Waals surface area contributed by atoms with Crippen LogP contribution in [0.2, 0.25) is 0 Å². The van der Waals surface area contributed by atoms with Crippen molar-refractivity contribution in [3.8, 4) is 0 Å². The first kappa shape index (κ1) is 12.8. The lowest BCUT2D eigenvalue weighted by Gasteiger charge is -2.18. The van der Waals surface area contributed by atoms with Gasteiger partial charge in [-0.05, 0) is 32.3 Å². The third-order valence-electron chi connectivity index (χ3n) is 2.48. The molecule has 0 unspecified atom stereocenters. The summed E-state index contributed by atoms with van der Waals surface area (Å²) < 4.78 is 4.01. The van der Waals surface area contributed by atoms with Crippen LogP contribution in [-0.4, -0.2) is 34.8 Å². The van der Waals surface area contributed by atoms with Crippen LogP contribution in [0.1, 0.15) is 19.4 Å². The second-order valence-electron chi connectivity index (χ2n) is 3.44. The standard InChI is InChI=1S/C10H18N4OS/c1-4-14(5-2)8(15)6-12-10-7(3)9(11)13-16-10/h12H,4-6H2,1-3H3,(H2,11,13). The Morgan fingerprint density at radius 2 is 2.12 bits per heavy atom. The van der Waals surface area contributed by atoms with Crippen LogP contribution in [0.5, 0.6) is 0 Å². The van der Waals surface area contributed by atoms with E-state index in [-0.39, 0.29) is 5.91 Å². The van der Waals surface area contributed by atoms with Crippen molar-refractivity contribution >= 4 is 28.3 Å². The highest BCUT2D eigenvalue weighted by Crippen LogP contribution is 2.24. The Kier molecular flexibility index (Phi) is 4.54. The molecule has 0 aliphatic heterocycles. The average Bonchev–Trinajstić information content (AvgIpc) is 2.59. The molecule has 0 bridgehead atoms. The number of hydrogen-bond donors (Lipinski definition) is 2. The Balaban J connectivity index is 2.52. The molecule has 0 aliphatic rings. The number of hydrogen-bond acceptors (Lipinski definition) is 5. The van der Waals surface area contributed by atoms with Crippen molar-refractivity contribution in [1.29, 1.82) is 0 Å². The molecule has 5 nitrogen and oxygen atoms in total. The summed E-state index contributed by atoms with van der Waals surface area (Å²) in [5, 5.41) is 3.94. The molecule has 0 atom stereocenters. The monoisotopic (exact) mass is 242 g/mol. The first-order valence-electron chi connectivity index (χ1n) is 5.33. The summed E-state index contributed by atoms with van der Waals surface area (Å²) in [6, 6.07) is 0. The third kappa shape index (κ3) is 2.85. The highest BCUT2D eigenvalue weighted by atomic mass is 32.1. The lowest BCUT2D eigenvalue weighted by atomic mass is 10.3. The van der Waals surface area contributed by atoms with Gasteiger partial charge in [0.25, 0.3) is 0 Å². The fourth-order valence-electron chi connectivity index (χ4n) is 1.36. The van der Waals surface area contributed by atoms with Gasteiger partial charge in [-0.3, -0.25) is 4.79 Å². The van der Waals surface area contributed by atoms with Gasteiger partial charge < -0.3 is 16.0 Å². The van der Waals surface area contributed by atoms with Crippen LogP contribution >= 0.6 is 11.5 Å². The van der Waals surface area contributed by atoms with Crippen molar-refractivity contribution in [3.05, 3.63) is 5.56 Å². The fraction of sp³-hybridized carbons (Fsp3) is 0.600. The minimum absolute atomic E-state index is 0.0939. The summed E-state index contributed by atoms with van der Waals surface area (Å²) in [4.78, 5) is 13.5. The molecule has 3 N–H and O–H groups in total. The molecular formula is C10H18N4OS. The Morgan fingerprint density at radius 3 is 2.56 bits per heavy atom. The molecule has 90 valence electrons. The smallest absolute Gasteiger partial charge is 0.241 e. The van der Waals surface area contributed by atoms with Crippen molar-refractivity contribution in [1.82, 2.24) is 9.27 Å². The van der Waals surface area contributed by atoms with Gasteiger partial charge in [-0.15, -0.1) is 0 Å². The van der Waals surface area contributed by atoms with E-state index in [4.69, 9.17) is 5.73 Å². The van der Waals surface area contributed by atoms with Gasteiger partial charge in [0, 0.05) is 18.7 Å². The lowest BCUT2D eigenvalue weighted by molar-refractivity contribution is -0.128. The number of nitrogen functional groups attached to an aromatic ring is 1. The zero-order valence-electron chi connectivity index (χ0n) is 9.91. The number of nitrogens with one attached hydrogen (secondary N) is 1. The molecule has 0 aliphatic carbocycles. The summed E-state index contributed by atoms with van der Waals surface area (Å²) in [5.41, 5.74) is 6.54. The number of likely N-dealkylation sites (N-methyl/N-ethyl adjacent to an activating group) is 1. The first-order chi connectivity index (χ1) is 7.60. The van der Waals surface area contributed by atoms with Crippen molar-refractivity contribution in [2.24, 2.45) is 0 Å². The number of carbonyl (C=O) groups excluding carboxylic acids is 1. The third-order valence-corrected chi connectivity index (χ3v) is 3.40. The molecule has 16 heavy (non-hydrogen) atoms. The summed E-state index contributed by atoms with van der Waals surface area (Å²) in [7, 11) is 0. The van der Waals surface area contributed by atoms with Gasteiger partial charge in [0.2, 0.25) is 5.91 Å². The number of anilines is 2. The predicted molar refractivity (Wildman–Crippen MR) is 67.7 cm³/mol. The van der Waals surface area contributed by atoms with Crippen molar-refractivity contribution in [2.45, 2.75) is 20.8 Å². The van der Waals surface area contributed by atoms with Crippen LogP contribution in [0, 0.1) is 6.92 Å². The molecule has 1 amide bonds. The highest BCUT2D eigenvalue weighted by Gasteiger charge is 2.11. The number of carbonyl (C=O) groups is 1. The van der Waals surface area contributed by atoms with E-state index >= 15 is 0 Å². The number of amides is 1. The largest absolute Gasteiger partial charge is 0.383 e. The molecule has 1 heterocycles. The van der Waals surface area contributed by atoms with Crippen LogP contribution in [0.4, 0.5) is 10.8 Å². The summed E-state index contributed by atoms with van der Waals surface area (Å²) in [5.74, 6) is 0.624. The minimum atomic E-state index is 0.0939. The van der Waals surface area contributed by atoms with Gasteiger partial charge in [0.15, 0.2) is 0 Å². The molecule has 1 aromatic heterocycles. The van der Waals surface area contributed by atoms with Crippen molar-refractivity contribution in [2.75, 3.05) is 30.7 Å². The van der Waals surface area contributed by atoms with Crippen LogP contribution in [0.15, 0.2) is 0 Å². The molecule has 0 spiro atoms. The van der Waals surface area contributed by atoms with Crippen LogP contribution in [-0.2, 0) is 4.79 Å². The molecule has 6 heteroatoms. The van der Waals surface area contributed by atoms with Gasteiger partial charge in [-0.25, -0.2) is 0 Å². The molecule has 1 rings (SSSR count). The first-order valence-corrected chi connectivity index (χ1v) is 6.10. The summed E-state index contributed by atoms with van der Waals surface area (Å²) >= 11 is 1.29. The maximum atomic E-state index is 11.7. The highest BCUT2D eigenvalue weighted by molar-refractivity contribution is 7.10. The van der Waals surface area contributed by atoms with E-state index in [2.05, 4.69) is 9.69 Å². The Labute approximate surface area is 99.8 Å². The number of aromatic nitrogens is 1. The van der Waals surface area contributed by atoms with Gasteiger partial charge >= 0.3 is 0 Å². The van der Waals surface area contributed by atoms with Crippen molar-refractivity contribution < 1.29 is 4.79 Å². The van der Waals surface area contributed by atoms with Crippen LogP contribution in [0.3, 0.4) is 0 Å². The van der Waals surface area contributed by atoms with Crippen LogP contribution in [0.25, 0.3) is 0 Å². The van der Waals surface area contributed by atoms with Gasteiger partial charge in [0.1, 0.15) is 10.8 Å². The second kappa shape index (κ2) is 5.69. The molecule has 0 saturated carbocycles. The maximum absolute atomic E-state index is 11.7. The molecule has 0 aromatic carbocycles. The van der Waals surface area contributed by atoms with E-state index < -0.39 is 0 Å². The zero-order chi connectivity index (χ0) is 12.1. The predicted octanol–water partition coefficient (Wildman–Crippen LogP) is 1.31.